The molecule has 1 fully saturated rings. The van der Waals surface area contributed by atoms with E-state index in [9.17, 15) is 4.79 Å². The summed E-state index contributed by atoms with van der Waals surface area (Å²) >= 11 is 1.89. The second-order valence-corrected chi connectivity index (χ2v) is 8.41. The van der Waals surface area contributed by atoms with Gasteiger partial charge in [0.2, 0.25) is 5.91 Å². The van der Waals surface area contributed by atoms with Gasteiger partial charge in [0.05, 0.1) is 25.3 Å². The van der Waals surface area contributed by atoms with Gasteiger partial charge in [0, 0.05) is 31.1 Å². The molecule has 4 rings (SSSR count). The lowest BCUT2D eigenvalue weighted by molar-refractivity contribution is -0.132. The molecule has 1 aliphatic heterocycles. The first-order valence-electron chi connectivity index (χ1n) is 9.90. The van der Waals surface area contributed by atoms with Gasteiger partial charge >= 0.3 is 0 Å². The molecule has 6 heteroatoms. The van der Waals surface area contributed by atoms with E-state index in [-0.39, 0.29) is 5.91 Å². The molecule has 1 aliphatic carbocycles. The minimum atomic E-state index is 0.215. The largest absolute Gasteiger partial charge is 0.494 e. The predicted molar refractivity (Wildman–Crippen MR) is 107 cm³/mol. The maximum Gasteiger partial charge on any atom is 0.227 e. The molecule has 2 heterocycles. The number of aromatic nitrogens is 1. The Kier molecular flexibility index (Phi) is 5.74. The standard InChI is InChI=1S/C21H27N3O2S/c1-2-26-17-8-6-16(7-9-17)14-21(25)24-12-10-23(11-13-24)15-20-22-18-4-3-5-19(18)27-20/h6-9H,2-5,10-15H2,1H3. The number of carbonyl (C=O) groups is 1. The topological polar surface area (TPSA) is 45.7 Å². The van der Waals surface area contributed by atoms with Crippen molar-refractivity contribution < 1.29 is 9.53 Å². The normalized spacial score (nSPS) is 17.1. The number of nitrogens with zero attached hydrogens (tertiary/aromatic N) is 3. The Morgan fingerprint density at radius 2 is 1.93 bits per heavy atom. The summed E-state index contributed by atoms with van der Waals surface area (Å²) in [6.45, 7) is 7.03. The summed E-state index contributed by atoms with van der Waals surface area (Å²) in [5.41, 5.74) is 2.38. The first-order valence-corrected chi connectivity index (χ1v) is 10.7. The summed E-state index contributed by atoms with van der Waals surface area (Å²) in [6.07, 6.45) is 4.09. The van der Waals surface area contributed by atoms with Crippen LogP contribution in [0.1, 0.15) is 34.5 Å². The van der Waals surface area contributed by atoms with Gasteiger partial charge in [-0.15, -0.1) is 11.3 Å². The van der Waals surface area contributed by atoms with Crippen molar-refractivity contribution in [3.8, 4) is 5.75 Å². The van der Waals surface area contributed by atoms with Crippen LogP contribution >= 0.6 is 11.3 Å². The number of benzene rings is 1. The highest BCUT2D eigenvalue weighted by Crippen LogP contribution is 2.28. The molecule has 1 aromatic carbocycles. The zero-order chi connectivity index (χ0) is 18.6. The van der Waals surface area contributed by atoms with Crippen LogP contribution in [0.3, 0.4) is 0 Å². The first kappa shape index (κ1) is 18.4. The van der Waals surface area contributed by atoms with Crippen LogP contribution in [0.15, 0.2) is 24.3 Å². The predicted octanol–water partition coefficient (Wildman–Crippen LogP) is 2.92. The zero-order valence-electron chi connectivity index (χ0n) is 15.9. The number of fused-ring (bicyclic) bond motifs is 1. The van der Waals surface area contributed by atoms with Crippen LogP contribution in [-0.2, 0) is 30.6 Å². The number of piperazine rings is 1. The van der Waals surface area contributed by atoms with E-state index in [0.717, 1.165) is 50.5 Å². The maximum atomic E-state index is 12.6. The van der Waals surface area contributed by atoms with Crippen LogP contribution in [0.25, 0.3) is 0 Å². The van der Waals surface area contributed by atoms with Gasteiger partial charge in [-0.05, 0) is 43.9 Å². The van der Waals surface area contributed by atoms with Gasteiger partial charge in [-0.1, -0.05) is 12.1 Å². The van der Waals surface area contributed by atoms with Gasteiger partial charge in [0.25, 0.3) is 0 Å². The molecule has 0 unspecified atom stereocenters. The number of rotatable bonds is 6. The average Bonchev–Trinajstić information content (AvgIpc) is 3.26. The molecule has 144 valence electrons. The third-order valence-electron chi connectivity index (χ3n) is 5.31. The second kappa shape index (κ2) is 8.40. The van der Waals surface area contributed by atoms with Crippen molar-refractivity contribution in [2.45, 2.75) is 39.2 Å². The Bertz CT molecular complexity index is 758. The van der Waals surface area contributed by atoms with Crippen molar-refractivity contribution in [3.63, 3.8) is 0 Å². The zero-order valence-corrected chi connectivity index (χ0v) is 16.8. The molecule has 5 nitrogen and oxygen atoms in total. The SMILES string of the molecule is CCOc1ccc(CC(=O)N2CCN(Cc3nc4c(s3)CCC4)CC2)cc1. The molecule has 2 aliphatic rings. The Hall–Kier alpha value is -1.92. The molecule has 0 bridgehead atoms. The highest BCUT2D eigenvalue weighted by Gasteiger charge is 2.23. The molecule has 0 spiro atoms. The summed E-state index contributed by atoms with van der Waals surface area (Å²) in [7, 11) is 0. The van der Waals surface area contributed by atoms with E-state index in [4.69, 9.17) is 9.72 Å². The molecule has 0 radical (unpaired) electrons. The maximum absolute atomic E-state index is 12.6. The van der Waals surface area contributed by atoms with Gasteiger partial charge in [0.1, 0.15) is 10.8 Å². The van der Waals surface area contributed by atoms with Crippen LogP contribution in [0, 0.1) is 0 Å². The number of aryl methyl sites for hydroxylation is 2. The van der Waals surface area contributed by atoms with Gasteiger partial charge < -0.3 is 9.64 Å². The van der Waals surface area contributed by atoms with Crippen LogP contribution in [0.2, 0.25) is 0 Å². The minimum Gasteiger partial charge on any atom is -0.494 e. The van der Waals surface area contributed by atoms with Crippen LogP contribution < -0.4 is 4.74 Å². The third-order valence-corrected chi connectivity index (χ3v) is 6.46. The summed E-state index contributed by atoms with van der Waals surface area (Å²) in [4.78, 5) is 23.3. The first-order chi connectivity index (χ1) is 13.2. The fourth-order valence-corrected chi connectivity index (χ4v) is 5.01. The quantitative estimate of drug-likeness (QED) is 0.767. The lowest BCUT2D eigenvalue weighted by atomic mass is 10.1. The second-order valence-electron chi connectivity index (χ2n) is 7.24. The van der Waals surface area contributed by atoms with Crippen molar-refractivity contribution in [2.75, 3.05) is 32.8 Å². The summed E-state index contributed by atoms with van der Waals surface area (Å²) in [5.74, 6) is 1.07. The molecular weight excluding hydrogens is 358 g/mol. The summed E-state index contributed by atoms with van der Waals surface area (Å²) < 4.78 is 5.46. The molecule has 1 saturated heterocycles. The number of amides is 1. The van der Waals surface area contributed by atoms with Crippen molar-refractivity contribution >= 4 is 17.2 Å². The van der Waals surface area contributed by atoms with E-state index in [1.54, 1.807) is 0 Å². The highest BCUT2D eigenvalue weighted by atomic mass is 32.1. The van der Waals surface area contributed by atoms with Crippen LogP contribution in [0.4, 0.5) is 0 Å². The molecule has 0 saturated carbocycles. The van der Waals surface area contributed by atoms with Crippen molar-refractivity contribution in [1.82, 2.24) is 14.8 Å². The molecular formula is C21H27N3O2S. The van der Waals surface area contributed by atoms with E-state index in [2.05, 4.69) is 4.90 Å². The molecule has 0 atom stereocenters. The van der Waals surface area contributed by atoms with Gasteiger partial charge in [-0.3, -0.25) is 9.69 Å². The van der Waals surface area contributed by atoms with Crippen molar-refractivity contribution in [1.29, 1.82) is 0 Å². The smallest absolute Gasteiger partial charge is 0.227 e. The summed E-state index contributed by atoms with van der Waals surface area (Å²) in [6, 6.07) is 7.85. The molecule has 1 amide bonds. The van der Waals surface area contributed by atoms with Gasteiger partial charge in [-0.25, -0.2) is 4.98 Å². The Balaban J connectivity index is 1.25. The monoisotopic (exact) mass is 385 g/mol. The Morgan fingerprint density at radius 3 is 2.63 bits per heavy atom. The highest BCUT2D eigenvalue weighted by molar-refractivity contribution is 7.11. The number of carbonyl (C=O) groups excluding carboxylic acids is 1. The number of hydrogen-bond acceptors (Lipinski definition) is 5. The fraction of sp³-hybridized carbons (Fsp3) is 0.524. The van der Waals surface area contributed by atoms with Crippen molar-refractivity contribution in [2.24, 2.45) is 0 Å². The Morgan fingerprint density at radius 1 is 1.15 bits per heavy atom. The van der Waals surface area contributed by atoms with Gasteiger partial charge in [0.15, 0.2) is 0 Å². The third kappa shape index (κ3) is 4.50. The summed E-state index contributed by atoms with van der Waals surface area (Å²) in [5, 5.41) is 1.24. The Labute approximate surface area is 165 Å². The molecule has 1 aromatic heterocycles. The number of thiazole rings is 1. The van der Waals surface area contributed by atoms with Crippen molar-refractivity contribution in [3.05, 3.63) is 45.4 Å². The average molecular weight is 386 g/mol. The molecule has 27 heavy (non-hydrogen) atoms. The van der Waals surface area contributed by atoms with Crippen LogP contribution in [0.5, 0.6) is 5.75 Å². The van der Waals surface area contributed by atoms with E-state index in [0.29, 0.717) is 13.0 Å². The van der Waals surface area contributed by atoms with E-state index in [1.807, 2.05) is 47.4 Å². The van der Waals surface area contributed by atoms with E-state index in [1.165, 1.54) is 28.4 Å². The molecule has 2 aromatic rings. The van der Waals surface area contributed by atoms with Crippen LogP contribution in [-0.4, -0.2) is 53.5 Å². The minimum absolute atomic E-state index is 0.215. The lowest BCUT2D eigenvalue weighted by Gasteiger charge is -2.34. The number of hydrogen-bond donors (Lipinski definition) is 0. The fourth-order valence-electron chi connectivity index (χ4n) is 3.81. The molecule has 0 N–H and O–H groups in total. The van der Waals surface area contributed by atoms with E-state index < -0.39 is 0 Å². The number of ether oxygens (including phenoxy) is 1. The van der Waals surface area contributed by atoms with E-state index >= 15 is 0 Å². The van der Waals surface area contributed by atoms with Gasteiger partial charge in [-0.2, -0.15) is 0 Å². The lowest BCUT2D eigenvalue weighted by Crippen LogP contribution is -2.48.